The molecule has 136 valence electrons. The summed E-state index contributed by atoms with van der Waals surface area (Å²) in [5, 5.41) is 9.70. The van der Waals surface area contributed by atoms with Gasteiger partial charge in [-0.1, -0.05) is 24.3 Å². The van der Waals surface area contributed by atoms with Gasteiger partial charge in [0.2, 0.25) is 0 Å². The standard InChI is InChI=1S/C21H21N5O/c1-24-14-17(16-8-2-3-9-18(16)24)21(27)25-11-6-7-15(13-25)20-23-22-19-10-4-5-12-26(19)20/h2-5,8-10,12,14-15H,6-7,11,13H2,1H3/t15-/m0/s1. The van der Waals surface area contributed by atoms with Crippen molar-refractivity contribution in [3.8, 4) is 0 Å². The number of rotatable bonds is 2. The average Bonchev–Trinajstić information content (AvgIpc) is 3.29. The molecule has 6 heteroatoms. The first-order valence-electron chi connectivity index (χ1n) is 9.35. The summed E-state index contributed by atoms with van der Waals surface area (Å²) in [7, 11) is 1.99. The fourth-order valence-electron chi connectivity index (χ4n) is 4.19. The van der Waals surface area contributed by atoms with Gasteiger partial charge in [-0.05, 0) is 31.0 Å². The second kappa shape index (κ2) is 6.23. The molecule has 0 spiro atoms. The molecule has 27 heavy (non-hydrogen) atoms. The number of likely N-dealkylation sites (tertiary alicyclic amines) is 1. The number of piperidine rings is 1. The number of amides is 1. The van der Waals surface area contributed by atoms with E-state index < -0.39 is 0 Å². The third kappa shape index (κ3) is 2.60. The number of hydrogen-bond acceptors (Lipinski definition) is 3. The third-order valence-electron chi connectivity index (χ3n) is 5.54. The Labute approximate surface area is 157 Å². The summed E-state index contributed by atoms with van der Waals surface area (Å²) in [6.07, 6.45) is 5.94. The normalized spacial score (nSPS) is 17.7. The van der Waals surface area contributed by atoms with Gasteiger partial charge in [0.05, 0.1) is 5.56 Å². The monoisotopic (exact) mass is 359 g/mol. The molecule has 1 saturated heterocycles. The molecule has 0 N–H and O–H groups in total. The van der Waals surface area contributed by atoms with E-state index in [0.29, 0.717) is 6.54 Å². The topological polar surface area (TPSA) is 55.4 Å². The van der Waals surface area contributed by atoms with Gasteiger partial charge < -0.3 is 9.47 Å². The molecule has 0 bridgehead atoms. The second-order valence-electron chi connectivity index (χ2n) is 7.25. The van der Waals surface area contributed by atoms with Gasteiger partial charge >= 0.3 is 0 Å². The molecule has 1 fully saturated rings. The van der Waals surface area contributed by atoms with Gasteiger partial charge in [0.1, 0.15) is 5.82 Å². The van der Waals surface area contributed by atoms with Crippen LogP contribution in [0.5, 0.6) is 0 Å². The van der Waals surface area contributed by atoms with Crippen LogP contribution in [-0.4, -0.2) is 43.1 Å². The maximum atomic E-state index is 13.3. The Kier molecular flexibility index (Phi) is 3.70. The smallest absolute Gasteiger partial charge is 0.256 e. The van der Waals surface area contributed by atoms with Gasteiger partial charge in [-0.3, -0.25) is 9.20 Å². The Morgan fingerprint density at radius 1 is 1.11 bits per heavy atom. The van der Waals surface area contributed by atoms with Crippen molar-refractivity contribution >= 4 is 22.5 Å². The van der Waals surface area contributed by atoms with Crippen molar-refractivity contribution in [3.63, 3.8) is 0 Å². The molecule has 1 aliphatic rings. The van der Waals surface area contributed by atoms with Crippen LogP contribution in [0.3, 0.4) is 0 Å². The summed E-state index contributed by atoms with van der Waals surface area (Å²) in [6, 6.07) is 14.0. The molecule has 4 aromatic rings. The van der Waals surface area contributed by atoms with Crippen molar-refractivity contribution in [1.29, 1.82) is 0 Å². The molecule has 3 aromatic heterocycles. The number of para-hydroxylation sites is 1. The molecule has 0 aliphatic carbocycles. The zero-order valence-corrected chi connectivity index (χ0v) is 15.2. The molecule has 5 rings (SSSR count). The minimum atomic E-state index is 0.102. The van der Waals surface area contributed by atoms with Crippen molar-refractivity contribution in [2.45, 2.75) is 18.8 Å². The Balaban J connectivity index is 1.46. The van der Waals surface area contributed by atoms with Crippen LogP contribution in [0, 0.1) is 0 Å². The second-order valence-corrected chi connectivity index (χ2v) is 7.25. The van der Waals surface area contributed by atoms with Gasteiger partial charge in [-0.2, -0.15) is 0 Å². The summed E-state index contributed by atoms with van der Waals surface area (Å²) in [5.74, 6) is 1.25. The van der Waals surface area contributed by atoms with E-state index >= 15 is 0 Å². The highest BCUT2D eigenvalue weighted by atomic mass is 16.2. The van der Waals surface area contributed by atoms with Gasteiger partial charge in [-0.25, -0.2) is 0 Å². The van der Waals surface area contributed by atoms with E-state index in [1.807, 2.05) is 75.8 Å². The lowest BCUT2D eigenvalue weighted by Gasteiger charge is -2.32. The quantitative estimate of drug-likeness (QED) is 0.552. The molecule has 0 radical (unpaired) electrons. The van der Waals surface area contributed by atoms with Crippen molar-refractivity contribution in [3.05, 3.63) is 66.2 Å². The van der Waals surface area contributed by atoms with E-state index in [1.165, 1.54) is 0 Å². The van der Waals surface area contributed by atoms with E-state index in [9.17, 15) is 4.79 Å². The first-order chi connectivity index (χ1) is 13.2. The summed E-state index contributed by atoms with van der Waals surface area (Å²) < 4.78 is 4.06. The SMILES string of the molecule is Cn1cc(C(=O)N2CCC[C@H](c3nnc4ccccn34)C2)c2ccccc21. The summed E-state index contributed by atoms with van der Waals surface area (Å²) in [6.45, 7) is 1.47. The van der Waals surface area contributed by atoms with Crippen LogP contribution in [-0.2, 0) is 7.05 Å². The van der Waals surface area contributed by atoms with E-state index in [4.69, 9.17) is 0 Å². The summed E-state index contributed by atoms with van der Waals surface area (Å²) >= 11 is 0. The van der Waals surface area contributed by atoms with Gasteiger partial charge in [0.15, 0.2) is 5.65 Å². The van der Waals surface area contributed by atoms with Crippen LogP contribution in [0.2, 0.25) is 0 Å². The lowest BCUT2D eigenvalue weighted by atomic mass is 9.96. The highest BCUT2D eigenvalue weighted by Gasteiger charge is 2.29. The zero-order valence-electron chi connectivity index (χ0n) is 15.2. The van der Waals surface area contributed by atoms with Gasteiger partial charge in [-0.15, -0.1) is 10.2 Å². The first-order valence-corrected chi connectivity index (χ1v) is 9.35. The highest BCUT2D eigenvalue weighted by molar-refractivity contribution is 6.07. The molecule has 6 nitrogen and oxygen atoms in total. The van der Waals surface area contributed by atoms with E-state index in [0.717, 1.165) is 47.3 Å². The number of benzene rings is 1. The number of aryl methyl sites for hydroxylation is 1. The molecular weight excluding hydrogens is 338 g/mol. The molecule has 0 saturated carbocycles. The predicted molar refractivity (Wildman–Crippen MR) is 104 cm³/mol. The van der Waals surface area contributed by atoms with Crippen LogP contribution in [0.25, 0.3) is 16.6 Å². The van der Waals surface area contributed by atoms with Crippen LogP contribution in [0.4, 0.5) is 0 Å². The van der Waals surface area contributed by atoms with Crippen molar-refractivity contribution < 1.29 is 4.79 Å². The third-order valence-corrected chi connectivity index (χ3v) is 5.54. The van der Waals surface area contributed by atoms with Crippen molar-refractivity contribution in [2.75, 3.05) is 13.1 Å². The molecule has 1 aromatic carbocycles. The maximum Gasteiger partial charge on any atom is 0.256 e. The minimum Gasteiger partial charge on any atom is -0.350 e. The molecule has 1 atom stereocenters. The largest absolute Gasteiger partial charge is 0.350 e. The van der Waals surface area contributed by atoms with Gasteiger partial charge in [0, 0.05) is 49.4 Å². The molecule has 4 heterocycles. The fourth-order valence-corrected chi connectivity index (χ4v) is 4.19. The van der Waals surface area contributed by atoms with Crippen molar-refractivity contribution in [1.82, 2.24) is 24.1 Å². The summed E-state index contributed by atoms with van der Waals surface area (Å²) in [5.41, 5.74) is 2.71. The Bertz CT molecular complexity index is 1140. The molecule has 1 aliphatic heterocycles. The molecule has 0 unspecified atom stereocenters. The first kappa shape index (κ1) is 16.1. The van der Waals surface area contributed by atoms with Gasteiger partial charge in [0.25, 0.3) is 5.91 Å². The average molecular weight is 359 g/mol. The van der Waals surface area contributed by atoms with Crippen LogP contribution < -0.4 is 0 Å². The number of fused-ring (bicyclic) bond motifs is 2. The fraction of sp³-hybridized carbons (Fsp3) is 0.286. The number of carbonyl (C=O) groups excluding carboxylic acids is 1. The maximum absolute atomic E-state index is 13.3. The lowest BCUT2D eigenvalue weighted by molar-refractivity contribution is 0.0706. The minimum absolute atomic E-state index is 0.102. The Morgan fingerprint density at radius 2 is 1.96 bits per heavy atom. The molecule has 1 amide bonds. The van der Waals surface area contributed by atoms with E-state index in [-0.39, 0.29) is 11.8 Å². The van der Waals surface area contributed by atoms with Crippen LogP contribution in [0.1, 0.15) is 34.9 Å². The van der Waals surface area contributed by atoms with E-state index in [2.05, 4.69) is 10.2 Å². The number of aromatic nitrogens is 4. The van der Waals surface area contributed by atoms with Crippen LogP contribution >= 0.6 is 0 Å². The number of hydrogen-bond donors (Lipinski definition) is 0. The zero-order chi connectivity index (χ0) is 18.4. The number of pyridine rings is 1. The summed E-state index contributed by atoms with van der Waals surface area (Å²) in [4.78, 5) is 15.2. The lowest BCUT2D eigenvalue weighted by Crippen LogP contribution is -2.39. The highest BCUT2D eigenvalue weighted by Crippen LogP contribution is 2.29. The number of nitrogens with zero attached hydrogens (tertiary/aromatic N) is 5. The van der Waals surface area contributed by atoms with Crippen LogP contribution in [0.15, 0.2) is 54.9 Å². The van der Waals surface area contributed by atoms with E-state index in [1.54, 1.807) is 0 Å². The van der Waals surface area contributed by atoms with Crippen molar-refractivity contribution in [2.24, 2.45) is 7.05 Å². The number of carbonyl (C=O) groups is 1. The Morgan fingerprint density at radius 3 is 2.89 bits per heavy atom. The molecular formula is C21H21N5O. The predicted octanol–water partition coefficient (Wildman–Crippen LogP) is 3.24. The Hall–Kier alpha value is -3.15.